The van der Waals surface area contributed by atoms with Gasteiger partial charge in [-0.2, -0.15) is 0 Å². The number of carbonyl (C=O) groups is 4. The van der Waals surface area contributed by atoms with Crippen molar-refractivity contribution in [3.8, 4) is 0 Å². The number of carbonyl (C=O) groups excluding carboxylic acids is 4. The quantitative estimate of drug-likeness (QED) is 0.220. The lowest BCUT2D eigenvalue weighted by molar-refractivity contribution is -0.157. The molecule has 0 N–H and O–H groups in total. The molecule has 6 nitrogen and oxygen atoms in total. The number of Topliss-reactive ketones (excluding diaryl/α,β-unsaturated/α-hetero) is 2. The molecule has 6 heteroatoms. The van der Waals surface area contributed by atoms with E-state index in [0.717, 1.165) is 64.2 Å². The molecule has 37 heavy (non-hydrogen) atoms. The highest BCUT2D eigenvalue weighted by atomic mass is 16.5. The minimum Gasteiger partial charge on any atom is -0.462 e. The van der Waals surface area contributed by atoms with Crippen LogP contribution in [-0.4, -0.2) is 35.7 Å². The van der Waals surface area contributed by atoms with Gasteiger partial charge < -0.3 is 9.47 Å². The Morgan fingerprint density at radius 3 is 1.27 bits per heavy atom. The summed E-state index contributed by atoms with van der Waals surface area (Å²) in [4.78, 5) is 54.0. The van der Waals surface area contributed by atoms with Gasteiger partial charge in [-0.15, -0.1) is 0 Å². The van der Waals surface area contributed by atoms with Crippen LogP contribution in [0, 0.1) is 11.8 Å². The molecular weight excluding hydrogens is 468 g/mol. The zero-order chi connectivity index (χ0) is 26.0. The van der Waals surface area contributed by atoms with Crippen LogP contribution in [0.15, 0.2) is 60.7 Å². The van der Waals surface area contributed by atoms with E-state index in [1.165, 1.54) is 0 Å². The molecule has 0 bridgehead atoms. The minimum atomic E-state index is -1.28. The maximum Gasteiger partial charge on any atom is 0.317 e. The van der Waals surface area contributed by atoms with Crippen LogP contribution in [-0.2, 0) is 19.1 Å². The zero-order valence-corrected chi connectivity index (χ0v) is 21.3. The molecule has 196 valence electrons. The number of benzene rings is 2. The Bertz CT molecular complexity index is 966. The maximum atomic E-state index is 13.6. The second-order valence-corrected chi connectivity index (χ2v) is 10.2. The van der Waals surface area contributed by atoms with Crippen molar-refractivity contribution in [1.82, 2.24) is 0 Å². The molecule has 0 aromatic heterocycles. The normalized spacial score (nSPS) is 18.4. The SMILES string of the molecule is O=C(OC1CCCCC1)C(CC(C(=O)OC1CCCCC1)C(=O)c1ccccc1)C(=O)c1ccccc1. The molecule has 2 fully saturated rings. The van der Waals surface area contributed by atoms with Gasteiger partial charge in [-0.3, -0.25) is 19.2 Å². The lowest BCUT2D eigenvalue weighted by atomic mass is 9.84. The molecule has 2 aliphatic rings. The summed E-state index contributed by atoms with van der Waals surface area (Å²) in [6.07, 6.45) is 8.34. The highest BCUT2D eigenvalue weighted by Crippen LogP contribution is 2.29. The largest absolute Gasteiger partial charge is 0.462 e. The van der Waals surface area contributed by atoms with E-state index in [0.29, 0.717) is 11.1 Å². The van der Waals surface area contributed by atoms with Crippen LogP contribution in [0.2, 0.25) is 0 Å². The Hall–Kier alpha value is -3.28. The van der Waals surface area contributed by atoms with E-state index in [2.05, 4.69) is 0 Å². The molecule has 0 saturated heterocycles. The van der Waals surface area contributed by atoms with Crippen molar-refractivity contribution in [1.29, 1.82) is 0 Å². The van der Waals surface area contributed by atoms with Gasteiger partial charge in [0.1, 0.15) is 24.0 Å². The van der Waals surface area contributed by atoms with E-state index >= 15 is 0 Å². The molecule has 0 heterocycles. The number of ether oxygens (including phenoxy) is 2. The van der Waals surface area contributed by atoms with Gasteiger partial charge in [0, 0.05) is 11.1 Å². The van der Waals surface area contributed by atoms with E-state index in [1.807, 2.05) is 0 Å². The van der Waals surface area contributed by atoms with Gasteiger partial charge in [0.25, 0.3) is 0 Å². The molecule has 4 rings (SSSR count). The highest BCUT2D eigenvalue weighted by Gasteiger charge is 2.40. The summed E-state index contributed by atoms with van der Waals surface area (Å²) in [7, 11) is 0. The standard InChI is InChI=1S/C31H36O6/c32-28(22-13-5-1-6-14-22)26(30(34)36-24-17-9-3-10-18-24)21-27(29(33)23-15-7-2-8-16-23)31(35)37-25-19-11-4-12-20-25/h1-2,5-8,13-16,24-27H,3-4,9-12,17-21H2. The monoisotopic (exact) mass is 504 g/mol. The summed E-state index contributed by atoms with van der Waals surface area (Å²) < 4.78 is 11.6. The van der Waals surface area contributed by atoms with Crippen LogP contribution in [0.5, 0.6) is 0 Å². The van der Waals surface area contributed by atoms with Gasteiger partial charge in [0.15, 0.2) is 11.6 Å². The first kappa shape index (κ1) is 26.8. The first-order valence-corrected chi connectivity index (χ1v) is 13.6. The Labute approximate surface area is 218 Å². The molecule has 2 aliphatic carbocycles. The van der Waals surface area contributed by atoms with Gasteiger partial charge in [-0.05, 0) is 57.8 Å². The molecule has 0 amide bonds. The van der Waals surface area contributed by atoms with Crippen LogP contribution in [0.4, 0.5) is 0 Å². The van der Waals surface area contributed by atoms with Gasteiger partial charge in [0.05, 0.1) is 0 Å². The summed E-state index contributed by atoms with van der Waals surface area (Å²) in [5.74, 6) is -4.79. The predicted molar refractivity (Wildman–Crippen MR) is 139 cm³/mol. The fourth-order valence-corrected chi connectivity index (χ4v) is 5.32. The molecule has 0 aliphatic heterocycles. The smallest absolute Gasteiger partial charge is 0.317 e. The summed E-state index contributed by atoms with van der Waals surface area (Å²) >= 11 is 0. The third-order valence-corrected chi connectivity index (χ3v) is 7.46. The second-order valence-electron chi connectivity index (χ2n) is 10.2. The summed E-state index contributed by atoms with van der Waals surface area (Å²) in [5.41, 5.74) is 0.694. The van der Waals surface area contributed by atoms with Crippen molar-refractivity contribution >= 4 is 23.5 Å². The average molecular weight is 505 g/mol. The first-order valence-electron chi connectivity index (χ1n) is 13.6. The molecule has 0 radical (unpaired) electrons. The number of hydrogen-bond donors (Lipinski definition) is 0. The maximum absolute atomic E-state index is 13.6. The van der Waals surface area contributed by atoms with E-state index < -0.39 is 35.3 Å². The fourth-order valence-electron chi connectivity index (χ4n) is 5.32. The van der Waals surface area contributed by atoms with Gasteiger partial charge in [0.2, 0.25) is 0 Å². The van der Waals surface area contributed by atoms with Crippen molar-refractivity contribution < 1.29 is 28.7 Å². The molecule has 2 aromatic carbocycles. The second kappa shape index (κ2) is 13.3. The first-order chi connectivity index (χ1) is 18.0. The number of esters is 2. The van der Waals surface area contributed by atoms with Gasteiger partial charge in [-0.1, -0.05) is 73.5 Å². The van der Waals surface area contributed by atoms with Crippen molar-refractivity contribution in [2.24, 2.45) is 11.8 Å². The van der Waals surface area contributed by atoms with Gasteiger partial charge in [-0.25, -0.2) is 0 Å². The molecule has 2 unspecified atom stereocenters. The van der Waals surface area contributed by atoms with Crippen molar-refractivity contribution in [3.63, 3.8) is 0 Å². The third-order valence-electron chi connectivity index (χ3n) is 7.46. The molecule has 2 aromatic rings. The Morgan fingerprint density at radius 1 is 0.568 bits per heavy atom. The summed E-state index contributed by atoms with van der Waals surface area (Å²) in [5, 5.41) is 0. The predicted octanol–water partition coefficient (Wildman–Crippen LogP) is 6.13. The topological polar surface area (TPSA) is 86.7 Å². The number of hydrogen-bond acceptors (Lipinski definition) is 6. The van der Waals surface area contributed by atoms with E-state index in [4.69, 9.17) is 9.47 Å². The Kier molecular flexibility index (Phi) is 9.64. The minimum absolute atomic E-state index is 0.246. The fraction of sp³-hybridized carbons (Fsp3) is 0.484. The van der Waals surface area contributed by atoms with Gasteiger partial charge >= 0.3 is 11.9 Å². The van der Waals surface area contributed by atoms with Crippen LogP contribution >= 0.6 is 0 Å². The Balaban J connectivity index is 1.61. The summed E-state index contributed by atoms with van der Waals surface area (Å²) in [6, 6.07) is 17.0. The molecule has 2 atom stereocenters. The van der Waals surface area contributed by atoms with Crippen molar-refractivity contribution in [2.75, 3.05) is 0 Å². The molecule has 0 spiro atoms. The van der Waals surface area contributed by atoms with Crippen molar-refractivity contribution in [3.05, 3.63) is 71.8 Å². The number of rotatable bonds is 10. The van der Waals surface area contributed by atoms with Crippen LogP contribution in [0.3, 0.4) is 0 Å². The van der Waals surface area contributed by atoms with Crippen LogP contribution in [0.1, 0.15) is 91.3 Å². The molecule has 2 saturated carbocycles. The van der Waals surface area contributed by atoms with Crippen molar-refractivity contribution in [2.45, 2.75) is 82.8 Å². The highest BCUT2D eigenvalue weighted by molar-refractivity contribution is 6.12. The van der Waals surface area contributed by atoms with Crippen LogP contribution in [0.25, 0.3) is 0 Å². The lowest BCUT2D eigenvalue weighted by Gasteiger charge is -2.27. The summed E-state index contributed by atoms with van der Waals surface area (Å²) in [6.45, 7) is 0. The number of ketones is 2. The Morgan fingerprint density at radius 2 is 0.919 bits per heavy atom. The third kappa shape index (κ3) is 7.37. The van der Waals surface area contributed by atoms with E-state index in [-0.39, 0.29) is 18.6 Å². The lowest BCUT2D eigenvalue weighted by Crippen LogP contribution is -2.37. The molecular formula is C31H36O6. The zero-order valence-electron chi connectivity index (χ0n) is 21.3. The van der Waals surface area contributed by atoms with E-state index in [9.17, 15) is 19.2 Å². The average Bonchev–Trinajstić information content (AvgIpc) is 2.95. The van der Waals surface area contributed by atoms with E-state index in [1.54, 1.807) is 60.7 Å². The van der Waals surface area contributed by atoms with Crippen LogP contribution < -0.4 is 0 Å².